The lowest BCUT2D eigenvalue weighted by molar-refractivity contribution is -0.132. The first kappa shape index (κ1) is 17.6. The summed E-state index contributed by atoms with van der Waals surface area (Å²) in [4.78, 5) is 16.2. The van der Waals surface area contributed by atoms with Crippen molar-refractivity contribution in [3.8, 4) is 11.5 Å². The topological polar surface area (TPSA) is 67.1 Å². The minimum absolute atomic E-state index is 0.0141. The van der Waals surface area contributed by atoms with Gasteiger partial charge in [-0.3, -0.25) is 4.90 Å². The Morgan fingerprint density at radius 1 is 1.23 bits per heavy atom. The van der Waals surface area contributed by atoms with Crippen LogP contribution in [0.2, 0.25) is 0 Å². The van der Waals surface area contributed by atoms with E-state index in [0.717, 1.165) is 0 Å². The number of imidazole rings is 1. The van der Waals surface area contributed by atoms with Crippen LogP contribution < -0.4 is 9.64 Å². The van der Waals surface area contributed by atoms with Crippen molar-refractivity contribution in [2.24, 2.45) is 0 Å². The van der Waals surface area contributed by atoms with Gasteiger partial charge in [-0.15, -0.1) is 0 Å². The predicted molar refractivity (Wildman–Crippen MR) is 87.8 cm³/mol. The SMILES string of the molecule is O=C(O)N(CCC(F)(F)F)c1cc(Oc2ccccc2)cn2ccnc12. The summed E-state index contributed by atoms with van der Waals surface area (Å²) in [6.45, 7) is -0.740. The predicted octanol–water partition coefficient (Wildman–Crippen LogP) is 4.56. The lowest BCUT2D eigenvalue weighted by Crippen LogP contribution is -2.33. The van der Waals surface area contributed by atoms with Crippen LogP contribution in [0.1, 0.15) is 6.42 Å². The zero-order chi connectivity index (χ0) is 18.7. The average Bonchev–Trinajstić information content (AvgIpc) is 3.03. The van der Waals surface area contributed by atoms with Gasteiger partial charge in [-0.2, -0.15) is 13.2 Å². The van der Waals surface area contributed by atoms with Crippen molar-refractivity contribution < 1.29 is 27.8 Å². The monoisotopic (exact) mass is 365 g/mol. The molecule has 0 aliphatic carbocycles. The van der Waals surface area contributed by atoms with Crippen molar-refractivity contribution in [2.75, 3.05) is 11.4 Å². The fraction of sp³-hybridized carbons (Fsp3) is 0.176. The summed E-state index contributed by atoms with van der Waals surface area (Å²) in [7, 11) is 0. The molecule has 3 rings (SSSR count). The molecule has 1 aromatic carbocycles. The Morgan fingerprint density at radius 3 is 2.62 bits per heavy atom. The van der Waals surface area contributed by atoms with Gasteiger partial charge in [-0.05, 0) is 12.1 Å². The van der Waals surface area contributed by atoms with Crippen LogP contribution in [-0.2, 0) is 0 Å². The second-order valence-electron chi connectivity index (χ2n) is 5.43. The summed E-state index contributed by atoms with van der Waals surface area (Å²) in [5.74, 6) is 0.782. The number of hydrogen-bond acceptors (Lipinski definition) is 3. The zero-order valence-corrected chi connectivity index (χ0v) is 13.3. The highest BCUT2D eigenvalue weighted by atomic mass is 19.4. The molecule has 2 aromatic heterocycles. The van der Waals surface area contributed by atoms with E-state index in [1.165, 1.54) is 16.7 Å². The quantitative estimate of drug-likeness (QED) is 0.720. The first-order chi connectivity index (χ1) is 12.3. The van der Waals surface area contributed by atoms with Crippen LogP contribution in [0.4, 0.5) is 23.7 Å². The minimum Gasteiger partial charge on any atom is -0.465 e. The number of anilines is 1. The number of carbonyl (C=O) groups is 1. The summed E-state index contributed by atoms with van der Waals surface area (Å²) in [5, 5.41) is 9.38. The van der Waals surface area contributed by atoms with Crippen LogP contribution in [0.15, 0.2) is 55.0 Å². The lowest BCUT2D eigenvalue weighted by Gasteiger charge is -2.21. The van der Waals surface area contributed by atoms with E-state index in [9.17, 15) is 23.1 Å². The molecule has 1 amide bonds. The molecule has 0 saturated heterocycles. The molecule has 2 heterocycles. The van der Waals surface area contributed by atoms with Gasteiger partial charge in [0.25, 0.3) is 0 Å². The van der Waals surface area contributed by atoms with Gasteiger partial charge in [0, 0.05) is 25.0 Å². The molecule has 26 heavy (non-hydrogen) atoms. The van der Waals surface area contributed by atoms with E-state index in [1.807, 2.05) is 0 Å². The molecule has 136 valence electrons. The number of ether oxygens (including phenoxy) is 1. The van der Waals surface area contributed by atoms with Crippen molar-refractivity contribution in [1.29, 1.82) is 0 Å². The fourth-order valence-corrected chi connectivity index (χ4v) is 2.43. The van der Waals surface area contributed by atoms with E-state index >= 15 is 0 Å². The number of carboxylic acid groups (broad SMARTS) is 1. The molecule has 0 atom stereocenters. The Kier molecular flexibility index (Phi) is 4.70. The maximum atomic E-state index is 12.6. The van der Waals surface area contributed by atoms with Gasteiger partial charge in [0.1, 0.15) is 11.5 Å². The maximum absolute atomic E-state index is 12.6. The van der Waals surface area contributed by atoms with Crippen molar-refractivity contribution in [1.82, 2.24) is 9.38 Å². The Morgan fingerprint density at radius 2 is 1.96 bits per heavy atom. The summed E-state index contributed by atoms with van der Waals surface area (Å²) < 4.78 is 44.8. The van der Waals surface area contributed by atoms with Gasteiger partial charge in [-0.1, -0.05) is 18.2 Å². The van der Waals surface area contributed by atoms with Crippen LogP contribution in [0, 0.1) is 0 Å². The normalized spacial score (nSPS) is 11.5. The van der Waals surface area contributed by atoms with E-state index < -0.39 is 25.2 Å². The van der Waals surface area contributed by atoms with Crippen molar-refractivity contribution in [3.63, 3.8) is 0 Å². The number of benzene rings is 1. The second-order valence-corrected chi connectivity index (χ2v) is 5.43. The van der Waals surface area contributed by atoms with Crippen LogP contribution in [0.5, 0.6) is 11.5 Å². The van der Waals surface area contributed by atoms with Gasteiger partial charge in [0.05, 0.1) is 18.3 Å². The van der Waals surface area contributed by atoms with E-state index in [1.54, 1.807) is 42.7 Å². The van der Waals surface area contributed by atoms with Gasteiger partial charge < -0.3 is 14.2 Å². The molecular formula is C17H14F3N3O3. The van der Waals surface area contributed by atoms with Gasteiger partial charge >= 0.3 is 12.3 Å². The summed E-state index contributed by atoms with van der Waals surface area (Å²) >= 11 is 0. The number of halogens is 3. The molecule has 1 N–H and O–H groups in total. The summed E-state index contributed by atoms with van der Waals surface area (Å²) in [6.07, 6.45) is -2.69. The molecular weight excluding hydrogens is 351 g/mol. The molecule has 0 bridgehead atoms. The zero-order valence-electron chi connectivity index (χ0n) is 13.3. The molecule has 0 spiro atoms. The van der Waals surface area contributed by atoms with Crippen molar-refractivity contribution >= 4 is 17.4 Å². The number of aromatic nitrogens is 2. The molecule has 0 radical (unpaired) electrons. The van der Waals surface area contributed by atoms with Crippen LogP contribution in [0.3, 0.4) is 0 Å². The molecule has 9 heteroatoms. The van der Waals surface area contributed by atoms with Gasteiger partial charge in [-0.25, -0.2) is 9.78 Å². The third kappa shape index (κ3) is 4.05. The number of hydrogen-bond donors (Lipinski definition) is 1. The molecule has 3 aromatic rings. The second kappa shape index (κ2) is 6.95. The van der Waals surface area contributed by atoms with Crippen LogP contribution >= 0.6 is 0 Å². The molecule has 0 aliphatic rings. The lowest BCUT2D eigenvalue weighted by atomic mass is 10.3. The fourth-order valence-electron chi connectivity index (χ4n) is 2.43. The van der Waals surface area contributed by atoms with Gasteiger partial charge in [0.15, 0.2) is 5.65 Å². The number of nitrogens with zero attached hydrogens (tertiary/aromatic N) is 3. The number of alkyl halides is 3. The number of fused-ring (bicyclic) bond motifs is 1. The first-order valence-corrected chi connectivity index (χ1v) is 7.60. The maximum Gasteiger partial charge on any atom is 0.411 e. The number of para-hydroxylation sites is 1. The Bertz CT molecular complexity index is 910. The number of pyridine rings is 1. The number of rotatable bonds is 5. The average molecular weight is 365 g/mol. The molecule has 0 fully saturated rings. The molecule has 6 nitrogen and oxygen atoms in total. The highest BCUT2D eigenvalue weighted by Crippen LogP contribution is 2.30. The van der Waals surface area contributed by atoms with Crippen LogP contribution in [-0.4, -0.2) is 33.3 Å². The van der Waals surface area contributed by atoms with E-state index in [-0.39, 0.29) is 17.1 Å². The van der Waals surface area contributed by atoms with E-state index in [2.05, 4.69) is 4.98 Å². The summed E-state index contributed by atoms with van der Waals surface area (Å²) in [6, 6.07) is 10.1. The third-order valence-electron chi connectivity index (χ3n) is 3.56. The first-order valence-electron chi connectivity index (χ1n) is 7.60. The van der Waals surface area contributed by atoms with E-state index in [4.69, 9.17) is 4.74 Å². The Labute approximate surface area is 146 Å². The van der Waals surface area contributed by atoms with Gasteiger partial charge in [0.2, 0.25) is 0 Å². The van der Waals surface area contributed by atoms with Crippen molar-refractivity contribution in [3.05, 3.63) is 55.0 Å². The highest BCUT2D eigenvalue weighted by Gasteiger charge is 2.30. The minimum atomic E-state index is -4.47. The van der Waals surface area contributed by atoms with Crippen molar-refractivity contribution in [2.45, 2.75) is 12.6 Å². The van der Waals surface area contributed by atoms with E-state index in [0.29, 0.717) is 10.6 Å². The molecule has 0 unspecified atom stereocenters. The summed E-state index contributed by atoms with van der Waals surface area (Å²) in [5.41, 5.74) is 0.232. The number of amides is 1. The molecule has 0 saturated carbocycles. The third-order valence-corrected chi connectivity index (χ3v) is 3.56. The Balaban J connectivity index is 1.99. The standard InChI is InChI=1S/C17H14F3N3O3/c18-17(19,20)6-8-23(16(24)25)14-10-13(11-22-9-7-21-15(14)22)26-12-4-2-1-3-5-12/h1-5,7,9-11H,6,8H2,(H,24,25). The highest BCUT2D eigenvalue weighted by molar-refractivity contribution is 5.91. The Hall–Kier alpha value is -3.23. The smallest absolute Gasteiger partial charge is 0.411 e. The van der Waals surface area contributed by atoms with Crippen LogP contribution in [0.25, 0.3) is 5.65 Å². The molecule has 0 aliphatic heterocycles. The largest absolute Gasteiger partial charge is 0.465 e.